The number of imidazole rings is 1. The second-order valence-corrected chi connectivity index (χ2v) is 9.84. The molecule has 2 aromatic carbocycles. The van der Waals surface area contributed by atoms with Gasteiger partial charge in [-0.05, 0) is 55.7 Å². The molecule has 3 N–H and O–H groups in total. The first kappa shape index (κ1) is 30.5. The van der Waals surface area contributed by atoms with Gasteiger partial charge in [-0.3, -0.25) is 10.4 Å². The molecule has 232 valence electrons. The van der Waals surface area contributed by atoms with E-state index < -0.39 is 41.5 Å². The third-order valence-corrected chi connectivity index (χ3v) is 7.03. The highest BCUT2D eigenvalue weighted by atomic mass is 19.4. The zero-order chi connectivity index (χ0) is 31.6. The van der Waals surface area contributed by atoms with E-state index >= 15 is 0 Å². The molecule has 0 aliphatic carbocycles. The van der Waals surface area contributed by atoms with Crippen LogP contribution in [0.1, 0.15) is 43.2 Å². The molecular formula is C29H26F5N5O5. The largest absolute Gasteiger partial charge is 0.494 e. The van der Waals surface area contributed by atoms with Gasteiger partial charge in [0, 0.05) is 24.4 Å². The number of nitrogens with zero attached hydrogens (tertiary/aromatic N) is 4. The molecule has 1 unspecified atom stereocenters. The molecule has 10 nitrogen and oxygen atoms in total. The number of hydrogen-bond donors (Lipinski definition) is 3. The second-order valence-electron chi connectivity index (χ2n) is 9.84. The van der Waals surface area contributed by atoms with Crippen LogP contribution < -0.4 is 15.2 Å². The van der Waals surface area contributed by atoms with E-state index in [1.54, 1.807) is 0 Å². The summed E-state index contributed by atoms with van der Waals surface area (Å²) in [5.41, 5.74) is -1.05. The van der Waals surface area contributed by atoms with Crippen molar-refractivity contribution >= 4 is 23.6 Å². The number of ether oxygens (including phenoxy) is 1. The monoisotopic (exact) mass is 619 g/mol. The fourth-order valence-electron chi connectivity index (χ4n) is 4.92. The minimum atomic E-state index is -4.80. The van der Waals surface area contributed by atoms with E-state index in [0.29, 0.717) is 6.42 Å². The number of anilines is 2. The van der Waals surface area contributed by atoms with Crippen LogP contribution in [0.2, 0.25) is 0 Å². The van der Waals surface area contributed by atoms with Gasteiger partial charge in [-0.25, -0.2) is 18.6 Å². The zero-order valence-corrected chi connectivity index (χ0v) is 23.1. The highest BCUT2D eigenvalue weighted by molar-refractivity contribution is 5.83. The maximum absolute atomic E-state index is 14.4. The average molecular weight is 620 g/mol. The number of carboxylic acid groups (broad SMARTS) is 1. The number of benzene rings is 2. The number of carbonyl (C=O) groups is 1. The molecular weight excluding hydrogens is 593 g/mol. The second kappa shape index (κ2) is 12.0. The highest BCUT2D eigenvalue weighted by Gasteiger charge is 2.48. The lowest BCUT2D eigenvalue weighted by molar-refractivity contribution is -0.146. The van der Waals surface area contributed by atoms with Crippen molar-refractivity contribution in [1.29, 1.82) is 0 Å². The first-order chi connectivity index (χ1) is 21.0. The van der Waals surface area contributed by atoms with Crippen molar-refractivity contribution in [2.24, 2.45) is 0 Å². The molecule has 0 spiro atoms. The Hall–Kier alpha value is -4.92. The van der Waals surface area contributed by atoms with E-state index in [2.05, 4.69) is 15.6 Å². The van der Waals surface area contributed by atoms with Gasteiger partial charge in [0.15, 0.2) is 23.2 Å². The molecule has 1 aliphatic heterocycles. The van der Waals surface area contributed by atoms with Gasteiger partial charge in [0.1, 0.15) is 17.1 Å². The summed E-state index contributed by atoms with van der Waals surface area (Å²) in [6, 6.07) is 8.02. The van der Waals surface area contributed by atoms with Crippen LogP contribution in [0, 0.1) is 11.6 Å². The van der Waals surface area contributed by atoms with Crippen LogP contribution in [-0.4, -0.2) is 44.1 Å². The number of carboxylic acids is 1. The summed E-state index contributed by atoms with van der Waals surface area (Å²) < 4.78 is 82.5. The van der Waals surface area contributed by atoms with Crippen LogP contribution in [0.4, 0.5) is 33.5 Å². The summed E-state index contributed by atoms with van der Waals surface area (Å²) >= 11 is 0. The first-order valence-electron chi connectivity index (χ1n) is 13.4. The number of halogens is 5. The van der Waals surface area contributed by atoms with Crippen molar-refractivity contribution in [2.45, 2.75) is 37.9 Å². The molecule has 1 atom stereocenters. The summed E-state index contributed by atoms with van der Waals surface area (Å²) in [6.07, 6.45) is -0.666. The van der Waals surface area contributed by atoms with Crippen LogP contribution in [0.5, 0.6) is 5.75 Å². The molecule has 0 saturated heterocycles. The number of nitrogens with one attached hydrogen (secondary N) is 1. The van der Waals surface area contributed by atoms with E-state index in [1.165, 1.54) is 35.0 Å². The molecule has 0 saturated carbocycles. The first-order valence-corrected chi connectivity index (χ1v) is 13.4. The Morgan fingerprint density at radius 1 is 1.16 bits per heavy atom. The minimum absolute atomic E-state index is 0.00553. The molecule has 1 aliphatic rings. The Balaban J connectivity index is 1.59. The van der Waals surface area contributed by atoms with E-state index in [1.807, 2.05) is 6.92 Å². The standard InChI is InChI=1S/C29H26F5N5O5/c1-2-13-43-17-7-8-18(19(14-17)29(32,33)34)21-15-24(44-37-21)28(27(41)42,10-4-12-40)38-16-35-26-23(38)9-11-39(36-26)22-6-3-5-20(30)25(22)31/h3,5-9,11,14-16,36,40H,2,4,10,12-13H2,1H3,(H,41,42). The third-order valence-electron chi connectivity index (χ3n) is 7.03. The van der Waals surface area contributed by atoms with Crippen molar-refractivity contribution in [3.05, 3.63) is 83.6 Å². The van der Waals surface area contributed by atoms with E-state index in [-0.39, 0.29) is 59.4 Å². The fourth-order valence-corrected chi connectivity index (χ4v) is 4.92. The number of fused-ring (bicyclic) bond motifs is 1. The van der Waals surface area contributed by atoms with Crippen LogP contribution in [-0.2, 0) is 16.5 Å². The summed E-state index contributed by atoms with van der Waals surface area (Å²) in [5, 5.41) is 25.1. The molecule has 15 heteroatoms. The molecule has 2 aromatic heterocycles. The Labute approximate surface area is 246 Å². The lowest BCUT2D eigenvalue weighted by Crippen LogP contribution is -2.43. The Morgan fingerprint density at radius 2 is 1.95 bits per heavy atom. The molecule has 0 amide bonds. The molecule has 4 aromatic rings. The summed E-state index contributed by atoms with van der Waals surface area (Å²) in [5.74, 6) is -3.95. The summed E-state index contributed by atoms with van der Waals surface area (Å²) in [4.78, 5) is 17.2. The molecule has 44 heavy (non-hydrogen) atoms. The van der Waals surface area contributed by atoms with Gasteiger partial charge in [-0.1, -0.05) is 18.1 Å². The third kappa shape index (κ3) is 5.45. The number of rotatable bonds is 11. The number of aromatic nitrogens is 3. The Kier molecular flexibility index (Phi) is 8.32. The predicted molar refractivity (Wildman–Crippen MR) is 147 cm³/mol. The molecule has 5 rings (SSSR count). The quantitative estimate of drug-likeness (QED) is 0.172. The lowest BCUT2D eigenvalue weighted by Gasteiger charge is -2.31. The number of aliphatic hydroxyl groups excluding tert-OH is 1. The van der Waals surface area contributed by atoms with E-state index in [4.69, 9.17) is 9.26 Å². The maximum Gasteiger partial charge on any atom is 0.417 e. The van der Waals surface area contributed by atoms with Crippen LogP contribution >= 0.6 is 0 Å². The molecule has 0 bridgehead atoms. The van der Waals surface area contributed by atoms with Gasteiger partial charge in [0.25, 0.3) is 0 Å². The molecule has 0 fully saturated rings. The van der Waals surface area contributed by atoms with Gasteiger partial charge in [-0.2, -0.15) is 13.2 Å². The van der Waals surface area contributed by atoms with Crippen molar-refractivity contribution < 1.29 is 46.2 Å². The van der Waals surface area contributed by atoms with Crippen LogP contribution in [0.3, 0.4) is 0 Å². The summed E-state index contributed by atoms with van der Waals surface area (Å²) in [6.45, 7) is 1.61. The van der Waals surface area contributed by atoms with Crippen molar-refractivity contribution in [2.75, 3.05) is 23.6 Å². The smallest absolute Gasteiger partial charge is 0.417 e. The Morgan fingerprint density at radius 3 is 2.66 bits per heavy atom. The van der Waals surface area contributed by atoms with Gasteiger partial charge >= 0.3 is 12.1 Å². The van der Waals surface area contributed by atoms with Gasteiger partial charge in [0.2, 0.25) is 5.54 Å². The van der Waals surface area contributed by atoms with Crippen molar-refractivity contribution in [3.8, 4) is 17.0 Å². The van der Waals surface area contributed by atoms with E-state index in [9.17, 15) is 37.0 Å². The van der Waals surface area contributed by atoms with Gasteiger partial charge < -0.3 is 24.0 Å². The van der Waals surface area contributed by atoms with Crippen LogP contribution in [0.25, 0.3) is 17.3 Å². The van der Waals surface area contributed by atoms with Crippen molar-refractivity contribution in [1.82, 2.24) is 14.7 Å². The SMILES string of the molecule is CCCOc1ccc(-c2cc(C(CCCO)(C(=O)O)n3cnc4c3C=CN(c3cccc(F)c3F)N4)on2)c(C(F)(F)F)c1. The van der Waals surface area contributed by atoms with Crippen molar-refractivity contribution in [3.63, 3.8) is 0 Å². The predicted octanol–water partition coefficient (Wildman–Crippen LogP) is 6.04. The highest BCUT2D eigenvalue weighted by Crippen LogP contribution is 2.42. The molecule has 3 heterocycles. The zero-order valence-electron chi connectivity index (χ0n) is 23.1. The maximum atomic E-state index is 14.4. The molecule has 0 radical (unpaired) electrons. The average Bonchev–Trinajstić information content (AvgIpc) is 3.66. The summed E-state index contributed by atoms with van der Waals surface area (Å²) in [7, 11) is 0. The number of aliphatic hydroxyl groups is 1. The minimum Gasteiger partial charge on any atom is -0.494 e. The number of hydrogen-bond acceptors (Lipinski definition) is 8. The van der Waals surface area contributed by atoms with Gasteiger partial charge in [0.05, 0.1) is 24.2 Å². The Bertz CT molecular complexity index is 1700. The topological polar surface area (TPSA) is 126 Å². The van der Waals surface area contributed by atoms with E-state index in [0.717, 1.165) is 35.6 Å². The number of aliphatic carboxylic acids is 1. The number of hydrazine groups is 1. The lowest BCUT2D eigenvalue weighted by atomic mass is 9.88. The fraction of sp³-hybridized carbons (Fsp3) is 0.276. The van der Waals surface area contributed by atoms with Crippen LogP contribution in [0.15, 0.2) is 59.5 Å². The van der Waals surface area contributed by atoms with Gasteiger partial charge in [-0.15, -0.1) is 0 Å². The normalized spacial score (nSPS) is 14.2. The number of alkyl halides is 3.